The predicted molar refractivity (Wildman–Crippen MR) is 21.2 cm³/mol. The van der Waals surface area contributed by atoms with Crippen LogP contribution in [0.2, 0.25) is 0 Å². The third-order valence-electron chi connectivity index (χ3n) is 0.324. The van der Waals surface area contributed by atoms with E-state index in [4.69, 9.17) is 5.11 Å². The Morgan fingerprint density at radius 3 is 2.17 bits per heavy atom. The van der Waals surface area contributed by atoms with E-state index in [1.807, 2.05) is 0 Å². The molecule has 0 aliphatic heterocycles. The molecular weight excluding hydrogens is 105 g/mol. The van der Waals surface area contributed by atoms with Crippen molar-refractivity contribution in [1.29, 1.82) is 0 Å². The molecule has 32 valence electrons. The third-order valence-corrected chi connectivity index (χ3v) is 0.324. The van der Waals surface area contributed by atoms with Crippen LogP contribution in [0.15, 0.2) is 0 Å². The molecule has 0 aromatic heterocycles. The van der Waals surface area contributed by atoms with E-state index in [2.05, 4.69) is 5.32 Å². The zero-order chi connectivity index (χ0) is 4.12. The topological polar surface area (TPSA) is 34.3 Å². The van der Waals surface area contributed by atoms with Crippen molar-refractivity contribution in [1.82, 2.24) is 0 Å². The first-order chi connectivity index (χ1) is 2.41. The summed E-state index contributed by atoms with van der Waals surface area (Å²) in [5, 5.41) is 11.6. The Labute approximate surface area is 80.7 Å². The van der Waals surface area contributed by atoms with Gasteiger partial charge in [-0.2, -0.15) is 7.05 Å². The number of aliphatic hydroxyl groups is 1. The van der Waals surface area contributed by atoms with E-state index in [0.717, 1.165) is 0 Å². The molecule has 0 radical (unpaired) electrons. The van der Waals surface area contributed by atoms with Crippen LogP contribution in [0.25, 0.3) is 5.32 Å². The van der Waals surface area contributed by atoms with Gasteiger partial charge in [0.2, 0.25) is 0 Å². The van der Waals surface area contributed by atoms with Crippen molar-refractivity contribution in [2.75, 3.05) is 20.2 Å². The molecule has 0 aliphatic rings. The first kappa shape index (κ1) is 10.5. The van der Waals surface area contributed by atoms with Crippen molar-refractivity contribution in [2.45, 2.75) is 0 Å². The Bertz CT molecular complexity index is 18.3. The van der Waals surface area contributed by atoms with E-state index >= 15 is 0 Å². The summed E-state index contributed by atoms with van der Waals surface area (Å²) >= 11 is 0. The summed E-state index contributed by atoms with van der Waals surface area (Å²) in [6.45, 7) is 0.747. The van der Waals surface area contributed by atoms with Crippen LogP contribution in [0.1, 0.15) is 0 Å². The summed E-state index contributed by atoms with van der Waals surface area (Å²) in [5.41, 5.74) is 0. The van der Waals surface area contributed by atoms with Crippen LogP contribution in [0.4, 0.5) is 0 Å². The summed E-state index contributed by atoms with van der Waals surface area (Å²) in [6, 6.07) is 0. The second-order valence-electron chi connectivity index (χ2n) is 0.763. The predicted octanol–water partition coefficient (Wildman–Crippen LogP) is -3.01. The van der Waals surface area contributed by atoms with Crippen molar-refractivity contribution in [3.05, 3.63) is 5.32 Å². The zero-order valence-corrected chi connectivity index (χ0v) is 7.43. The molecule has 0 bridgehead atoms. The molecule has 0 spiro atoms. The molecular formula is C3H8KNO. The Morgan fingerprint density at radius 1 is 1.67 bits per heavy atom. The number of aliphatic hydroxyl groups excluding tert-OH is 1. The number of rotatable bonds is 2. The normalized spacial score (nSPS) is 7.00. The van der Waals surface area contributed by atoms with Gasteiger partial charge >= 0.3 is 51.4 Å². The van der Waals surface area contributed by atoms with Crippen LogP contribution in [-0.2, 0) is 0 Å². The van der Waals surface area contributed by atoms with Crippen LogP contribution in [0.5, 0.6) is 0 Å². The van der Waals surface area contributed by atoms with E-state index < -0.39 is 0 Å². The monoisotopic (exact) mass is 113 g/mol. The molecule has 0 aromatic rings. The second-order valence-corrected chi connectivity index (χ2v) is 0.763. The van der Waals surface area contributed by atoms with Crippen LogP contribution < -0.4 is 51.4 Å². The smallest absolute Gasteiger partial charge is 0.663 e. The van der Waals surface area contributed by atoms with Gasteiger partial charge in [0.25, 0.3) is 0 Å². The van der Waals surface area contributed by atoms with Crippen molar-refractivity contribution < 1.29 is 56.5 Å². The van der Waals surface area contributed by atoms with Gasteiger partial charge in [-0.05, 0) is 0 Å². The van der Waals surface area contributed by atoms with E-state index in [1.54, 1.807) is 7.05 Å². The van der Waals surface area contributed by atoms with Gasteiger partial charge < -0.3 is 10.4 Å². The fourth-order valence-electron chi connectivity index (χ4n) is 0.1000. The van der Waals surface area contributed by atoms with Crippen LogP contribution in [0.3, 0.4) is 0 Å². The van der Waals surface area contributed by atoms with Gasteiger partial charge in [0.05, 0.1) is 0 Å². The van der Waals surface area contributed by atoms with Gasteiger partial charge in [0, 0.05) is 6.61 Å². The maximum atomic E-state index is 7.97. The third kappa shape index (κ3) is 9.12. The molecule has 0 unspecified atom stereocenters. The molecule has 0 atom stereocenters. The van der Waals surface area contributed by atoms with Gasteiger partial charge in [-0.1, -0.05) is 0 Å². The molecule has 0 aliphatic carbocycles. The van der Waals surface area contributed by atoms with Crippen LogP contribution >= 0.6 is 0 Å². The molecule has 0 saturated carbocycles. The van der Waals surface area contributed by atoms with Crippen molar-refractivity contribution in [3.8, 4) is 0 Å². The number of hydrogen-bond acceptors (Lipinski definition) is 1. The summed E-state index contributed by atoms with van der Waals surface area (Å²) < 4.78 is 0. The molecule has 0 heterocycles. The van der Waals surface area contributed by atoms with E-state index in [-0.39, 0.29) is 58.0 Å². The summed E-state index contributed by atoms with van der Waals surface area (Å²) in [6.07, 6.45) is 0. The van der Waals surface area contributed by atoms with Gasteiger partial charge in [0.1, 0.15) is 0 Å². The van der Waals surface area contributed by atoms with Crippen molar-refractivity contribution in [3.63, 3.8) is 0 Å². The van der Waals surface area contributed by atoms with Crippen LogP contribution in [0, 0.1) is 0 Å². The van der Waals surface area contributed by atoms with E-state index in [0.29, 0.717) is 6.54 Å². The Kier molecular flexibility index (Phi) is 17.1. The maximum Gasteiger partial charge on any atom is 1.00 e. The summed E-state index contributed by atoms with van der Waals surface area (Å²) in [4.78, 5) is 0. The number of hydrogen-bond donors (Lipinski definition) is 1. The fourth-order valence-corrected chi connectivity index (χ4v) is 0.1000. The molecule has 6 heavy (non-hydrogen) atoms. The summed E-state index contributed by atoms with van der Waals surface area (Å²) in [5.74, 6) is 0. The van der Waals surface area contributed by atoms with Gasteiger partial charge in [-0.15, -0.1) is 6.54 Å². The van der Waals surface area contributed by atoms with Gasteiger partial charge in [-0.25, -0.2) is 0 Å². The summed E-state index contributed by atoms with van der Waals surface area (Å²) in [7, 11) is 1.68. The largest absolute Gasteiger partial charge is 1.00 e. The average molecular weight is 113 g/mol. The fraction of sp³-hybridized carbons (Fsp3) is 1.00. The van der Waals surface area contributed by atoms with Crippen LogP contribution in [-0.4, -0.2) is 25.3 Å². The van der Waals surface area contributed by atoms with E-state index in [9.17, 15) is 0 Å². The first-order valence-electron chi connectivity index (χ1n) is 1.58. The van der Waals surface area contributed by atoms with Crippen molar-refractivity contribution >= 4 is 0 Å². The number of nitrogens with zero attached hydrogens (tertiary/aromatic N) is 1. The van der Waals surface area contributed by atoms with Gasteiger partial charge in [-0.3, -0.25) is 0 Å². The second kappa shape index (κ2) is 9.75. The quantitative estimate of drug-likeness (QED) is 0.380. The standard InChI is InChI=1S/C3H8NO.K/c1-4-2-3-5;/h5H,2-3H2,1H3;/q-1;+1. The minimum atomic E-state index is 0. The van der Waals surface area contributed by atoms with Crippen molar-refractivity contribution in [2.24, 2.45) is 0 Å². The molecule has 0 saturated heterocycles. The molecule has 2 nitrogen and oxygen atoms in total. The first-order valence-corrected chi connectivity index (χ1v) is 1.58. The molecule has 3 heteroatoms. The van der Waals surface area contributed by atoms with Gasteiger partial charge in [0.15, 0.2) is 0 Å². The van der Waals surface area contributed by atoms with E-state index in [1.165, 1.54) is 0 Å². The zero-order valence-electron chi connectivity index (χ0n) is 4.31. The Balaban J connectivity index is 0. The SMILES string of the molecule is C[N-]CCO.[K+]. The molecule has 0 rings (SSSR count). The molecule has 0 amide bonds. The molecule has 0 aromatic carbocycles. The number of likely N-dealkylation sites (N-methyl/N-ethyl adjacent to an activating group) is 1. The Morgan fingerprint density at radius 2 is 2.17 bits per heavy atom. The maximum absolute atomic E-state index is 7.97. The minimum Gasteiger partial charge on any atom is -0.663 e. The molecule has 1 N–H and O–H groups in total. The minimum absolute atomic E-state index is 0. The average Bonchev–Trinajstić information content (AvgIpc) is 1.41. The molecule has 0 fully saturated rings. The Hall–Kier alpha value is 1.56.